The van der Waals surface area contributed by atoms with Crippen LogP contribution in [0.25, 0.3) is 0 Å². The van der Waals surface area contributed by atoms with Gasteiger partial charge >= 0.3 is 0 Å². The second kappa shape index (κ2) is 8.36. The van der Waals surface area contributed by atoms with Crippen molar-refractivity contribution in [3.8, 4) is 0 Å². The summed E-state index contributed by atoms with van der Waals surface area (Å²) in [6, 6.07) is 8.37. The molecule has 0 aliphatic carbocycles. The van der Waals surface area contributed by atoms with E-state index in [0.29, 0.717) is 5.95 Å². The topological polar surface area (TPSA) is 53.1 Å². The van der Waals surface area contributed by atoms with Crippen LogP contribution in [0.15, 0.2) is 30.5 Å². The quantitative estimate of drug-likeness (QED) is 0.765. The average Bonchev–Trinajstić information content (AvgIpc) is 2.57. The molecule has 0 saturated carbocycles. The molecule has 23 heavy (non-hydrogen) atoms. The van der Waals surface area contributed by atoms with Crippen molar-refractivity contribution in [1.82, 2.24) is 9.97 Å². The molecule has 2 rings (SSSR count). The predicted molar refractivity (Wildman–Crippen MR) is 98.8 cm³/mol. The lowest BCUT2D eigenvalue weighted by Gasteiger charge is -2.22. The van der Waals surface area contributed by atoms with Gasteiger partial charge in [-0.25, -0.2) is 4.98 Å². The van der Waals surface area contributed by atoms with Crippen LogP contribution < -0.4 is 15.5 Å². The lowest BCUT2D eigenvalue weighted by Crippen LogP contribution is -2.21. The van der Waals surface area contributed by atoms with Crippen LogP contribution in [0, 0.1) is 6.92 Å². The predicted octanol–water partition coefficient (Wildman–Crippen LogP) is 4.20. The van der Waals surface area contributed by atoms with Crippen LogP contribution in [0.3, 0.4) is 0 Å². The first-order valence-corrected chi connectivity index (χ1v) is 8.37. The van der Waals surface area contributed by atoms with E-state index in [4.69, 9.17) is 0 Å². The third kappa shape index (κ3) is 4.58. The Kier molecular flexibility index (Phi) is 6.20. The molecule has 0 aliphatic rings. The van der Waals surface area contributed by atoms with Gasteiger partial charge in [-0.3, -0.25) is 0 Å². The summed E-state index contributed by atoms with van der Waals surface area (Å²) in [7, 11) is 0. The Balaban J connectivity index is 2.14. The van der Waals surface area contributed by atoms with Gasteiger partial charge < -0.3 is 15.5 Å². The fraction of sp³-hybridized carbons (Fsp3) is 0.444. The van der Waals surface area contributed by atoms with E-state index in [2.05, 4.69) is 71.4 Å². The number of rotatable bonds is 8. The summed E-state index contributed by atoms with van der Waals surface area (Å²) in [6.45, 7) is 11.5. The zero-order valence-corrected chi connectivity index (χ0v) is 14.6. The smallest absolute Gasteiger partial charge is 0.224 e. The Labute approximate surface area is 139 Å². The maximum Gasteiger partial charge on any atom is 0.224 e. The number of aromatic nitrogens is 2. The number of hydrogen-bond acceptors (Lipinski definition) is 5. The van der Waals surface area contributed by atoms with Crippen molar-refractivity contribution in [2.24, 2.45) is 0 Å². The van der Waals surface area contributed by atoms with Crippen molar-refractivity contribution in [3.63, 3.8) is 0 Å². The Morgan fingerprint density at radius 3 is 2.52 bits per heavy atom. The summed E-state index contributed by atoms with van der Waals surface area (Å²) < 4.78 is 0. The van der Waals surface area contributed by atoms with Crippen LogP contribution in [-0.2, 0) is 0 Å². The lowest BCUT2D eigenvalue weighted by atomic mass is 10.1. The van der Waals surface area contributed by atoms with E-state index in [9.17, 15) is 0 Å². The van der Waals surface area contributed by atoms with Crippen molar-refractivity contribution in [1.29, 1.82) is 0 Å². The molecule has 0 spiro atoms. The number of aryl methyl sites for hydroxylation is 1. The lowest BCUT2D eigenvalue weighted by molar-refractivity contribution is 0.866. The average molecular weight is 313 g/mol. The molecule has 5 heteroatoms. The summed E-state index contributed by atoms with van der Waals surface area (Å²) in [5.41, 5.74) is 3.53. The molecule has 0 bridgehead atoms. The molecule has 0 fully saturated rings. The molecule has 0 saturated heterocycles. The second-order valence-corrected chi connectivity index (χ2v) is 5.49. The molecule has 5 nitrogen and oxygen atoms in total. The van der Waals surface area contributed by atoms with Crippen LogP contribution in [0.1, 0.15) is 32.8 Å². The number of benzene rings is 1. The Morgan fingerprint density at radius 1 is 1.09 bits per heavy atom. The van der Waals surface area contributed by atoms with Gasteiger partial charge in [-0.2, -0.15) is 4.98 Å². The minimum atomic E-state index is 0.661. The second-order valence-electron chi connectivity index (χ2n) is 5.49. The SMILES string of the molecule is CCCNc1nccc(Nc2ccc(N(CC)CC)cc2C)n1. The van der Waals surface area contributed by atoms with E-state index in [-0.39, 0.29) is 0 Å². The van der Waals surface area contributed by atoms with Crippen LogP contribution in [-0.4, -0.2) is 29.6 Å². The van der Waals surface area contributed by atoms with Gasteiger partial charge in [0.15, 0.2) is 0 Å². The maximum atomic E-state index is 4.49. The van der Waals surface area contributed by atoms with E-state index in [1.54, 1.807) is 6.20 Å². The highest BCUT2D eigenvalue weighted by Gasteiger charge is 2.06. The van der Waals surface area contributed by atoms with E-state index < -0.39 is 0 Å². The summed E-state index contributed by atoms with van der Waals surface area (Å²) in [4.78, 5) is 11.1. The van der Waals surface area contributed by atoms with E-state index in [1.807, 2.05) is 6.07 Å². The van der Waals surface area contributed by atoms with Crippen molar-refractivity contribution in [2.45, 2.75) is 34.1 Å². The summed E-state index contributed by atoms with van der Waals surface area (Å²) in [6.07, 6.45) is 2.82. The standard InChI is InChI=1S/C18H27N5/c1-5-11-19-18-20-12-10-17(22-18)21-16-9-8-15(13-14(16)4)23(6-2)7-3/h8-10,12-13H,5-7,11H2,1-4H3,(H2,19,20,21,22). The first-order chi connectivity index (χ1) is 11.2. The van der Waals surface area contributed by atoms with Gasteiger partial charge in [0.25, 0.3) is 0 Å². The van der Waals surface area contributed by atoms with Crippen molar-refractivity contribution in [2.75, 3.05) is 35.2 Å². The third-order valence-electron chi connectivity index (χ3n) is 3.79. The van der Waals surface area contributed by atoms with E-state index >= 15 is 0 Å². The fourth-order valence-corrected chi connectivity index (χ4v) is 2.46. The molecule has 124 valence electrons. The van der Waals surface area contributed by atoms with E-state index in [0.717, 1.165) is 37.6 Å². The van der Waals surface area contributed by atoms with Gasteiger partial charge in [0, 0.05) is 37.2 Å². The number of nitrogens with one attached hydrogen (secondary N) is 2. The minimum absolute atomic E-state index is 0.661. The first-order valence-electron chi connectivity index (χ1n) is 8.37. The van der Waals surface area contributed by atoms with Crippen molar-refractivity contribution in [3.05, 3.63) is 36.0 Å². The molecule has 0 amide bonds. The Bertz CT molecular complexity index is 623. The van der Waals surface area contributed by atoms with Gasteiger partial charge in [-0.1, -0.05) is 6.92 Å². The van der Waals surface area contributed by atoms with Crippen LogP contribution >= 0.6 is 0 Å². The minimum Gasteiger partial charge on any atom is -0.372 e. The number of anilines is 4. The molecular weight excluding hydrogens is 286 g/mol. The molecule has 1 aromatic heterocycles. The molecule has 0 unspecified atom stereocenters. The van der Waals surface area contributed by atoms with Crippen molar-refractivity contribution < 1.29 is 0 Å². The first kappa shape index (κ1) is 17.1. The normalized spacial score (nSPS) is 10.4. The molecular formula is C18H27N5. The largest absolute Gasteiger partial charge is 0.372 e. The van der Waals surface area contributed by atoms with Gasteiger partial charge in [0.2, 0.25) is 5.95 Å². The molecule has 2 N–H and O–H groups in total. The highest BCUT2D eigenvalue weighted by Crippen LogP contribution is 2.25. The Hall–Kier alpha value is -2.30. The van der Waals surface area contributed by atoms with Crippen LogP contribution in [0.5, 0.6) is 0 Å². The number of nitrogens with zero attached hydrogens (tertiary/aromatic N) is 3. The summed E-state index contributed by atoms with van der Waals surface area (Å²) in [5, 5.41) is 6.59. The number of hydrogen-bond donors (Lipinski definition) is 2. The summed E-state index contributed by atoms with van der Waals surface area (Å²) in [5.74, 6) is 1.46. The molecule has 1 aromatic carbocycles. The van der Waals surface area contributed by atoms with E-state index in [1.165, 1.54) is 11.3 Å². The fourth-order valence-electron chi connectivity index (χ4n) is 2.46. The molecule has 0 atom stereocenters. The zero-order chi connectivity index (χ0) is 16.7. The monoisotopic (exact) mass is 313 g/mol. The zero-order valence-electron chi connectivity index (χ0n) is 14.6. The van der Waals surface area contributed by atoms with Gasteiger partial charge in [0.1, 0.15) is 5.82 Å². The molecule has 1 heterocycles. The van der Waals surface area contributed by atoms with Gasteiger partial charge in [-0.15, -0.1) is 0 Å². The molecule has 0 aliphatic heterocycles. The third-order valence-corrected chi connectivity index (χ3v) is 3.79. The molecule has 0 radical (unpaired) electrons. The van der Waals surface area contributed by atoms with Gasteiger partial charge in [0.05, 0.1) is 0 Å². The highest BCUT2D eigenvalue weighted by molar-refractivity contribution is 5.65. The van der Waals surface area contributed by atoms with Crippen LogP contribution in [0.4, 0.5) is 23.1 Å². The molecule has 2 aromatic rings. The highest BCUT2D eigenvalue weighted by atomic mass is 15.1. The van der Waals surface area contributed by atoms with Crippen LogP contribution in [0.2, 0.25) is 0 Å². The van der Waals surface area contributed by atoms with Gasteiger partial charge in [-0.05, 0) is 57.0 Å². The van der Waals surface area contributed by atoms with Crippen molar-refractivity contribution >= 4 is 23.1 Å². The summed E-state index contributed by atoms with van der Waals surface area (Å²) >= 11 is 0. The Morgan fingerprint density at radius 2 is 1.87 bits per heavy atom. The maximum absolute atomic E-state index is 4.49.